The van der Waals surface area contributed by atoms with Gasteiger partial charge in [-0.25, -0.2) is 0 Å². The average Bonchev–Trinajstić information content (AvgIpc) is 3.52. The minimum Gasteiger partial charge on any atom is -0.309 e. The first-order valence-electron chi connectivity index (χ1n) is 20.3. The Bertz CT molecular complexity index is 2690. The third kappa shape index (κ3) is 5.66. The zero-order chi connectivity index (χ0) is 39.2. The molecule has 7 aromatic carbocycles. The van der Waals surface area contributed by atoms with Gasteiger partial charge in [0, 0.05) is 10.8 Å². The van der Waals surface area contributed by atoms with Crippen LogP contribution in [0.4, 0.5) is 0 Å². The number of aromatic nitrogens is 1. The highest BCUT2D eigenvalue weighted by Gasteiger charge is 2.47. The molecule has 2 heterocycles. The van der Waals surface area contributed by atoms with Crippen LogP contribution >= 0.6 is 0 Å². The number of fused-ring (bicyclic) bond motifs is 5. The predicted molar refractivity (Wildman–Crippen MR) is 240 cm³/mol. The highest BCUT2D eigenvalue weighted by atomic mass is 15.0. The van der Waals surface area contributed by atoms with Gasteiger partial charge in [0.1, 0.15) is 0 Å². The zero-order valence-corrected chi connectivity index (χ0v) is 34.5. The third-order valence-electron chi connectivity index (χ3n) is 12.3. The van der Waals surface area contributed by atoms with E-state index in [2.05, 4.69) is 225 Å². The Hall–Kier alpha value is -5.66. The van der Waals surface area contributed by atoms with Crippen LogP contribution in [0, 0.1) is 0 Å². The van der Waals surface area contributed by atoms with Crippen LogP contribution in [-0.4, -0.2) is 4.57 Å². The normalized spacial score (nSPS) is 13.9. The van der Waals surface area contributed by atoms with Gasteiger partial charge in [0.05, 0.1) is 22.1 Å². The molecule has 1 heteroatoms. The molecule has 0 spiro atoms. The lowest BCUT2D eigenvalue weighted by atomic mass is 9.61. The minimum absolute atomic E-state index is 0.0201. The summed E-state index contributed by atoms with van der Waals surface area (Å²) in [7, 11) is 0. The molecule has 0 N–H and O–H groups in total. The van der Waals surface area contributed by atoms with Gasteiger partial charge in [-0.15, -0.1) is 0 Å². The molecule has 0 saturated carbocycles. The number of hydrogen-bond donors (Lipinski definition) is 0. The highest BCUT2D eigenvalue weighted by molar-refractivity contribution is 6.13. The second-order valence-electron chi connectivity index (χ2n) is 19.1. The van der Waals surface area contributed by atoms with Crippen molar-refractivity contribution in [3.05, 3.63) is 197 Å². The van der Waals surface area contributed by atoms with E-state index in [9.17, 15) is 0 Å². The Balaban J connectivity index is 1.53. The molecule has 9 rings (SSSR count). The lowest BCUT2D eigenvalue weighted by Gasteiger charge is -2.43. The molecule has 0 saturated heterocycles. The van der Waals surface area contributed by atoms with Gasteiger partial charge >= 0.3 is 0 Å². The predicted octanol–water partition coefficient (Wildman–Crippen LogP) is 14.7. The summed E-state index contributed by atoms with van der Waals surface area (Å²) in [6.07, 6.45) is 0. The Kier molecular flexibility index (Phi) is 8.16. The first-order chi connectivity index (χ1) is 26.7. The number of nitrogens with zero attached hydrogens (tertiary/aromatic N) is 1. The summed E-state index contributed by atoms with van der Waals surface area (Å²) >= 11 is 0. The summed E-state index contributed by atoms with van der Waals surface area (Å²) in [5, 5.41) is 2.64. The molecule has 56 heavy (non-hydrogen) atoms. The SMILES string of the molecule is CC(C)(C)c1ccc2c(c1)C(c1cccc(-c3ccccc3)c1)(c1cccc(-c3ccccc3)c1)c1cc(C(C)(C)C)cc3c4cc(C(C)(C)C)ccc4n-2c13. The Morgan fingerprint density at radius 3 is 1.38 bits per heavy atom. The van der Waals surface area contributed by atoms with E-state index in [4.69, 9.17) is 0 Å². The van der Waals surface area contributed by atoms with Crippen molar-refractivity contribution in [1.82, 2.24) is 4.57 Å². The fourth-order valence-electron chi connectivity index (χ4n) is 9.14. The van der Waals surface area contributed by atoms with E-state index in [-0.39, 0.29) is 16.2 Å². The summed E-state index contributed by atoms with van der Waals surface area (Å²) < 4.78 is 2.60. The van der Waals surface area contributed by atoms with Crippen LogP contribution < -0.4 is 0 Å². The number of benzene rings is 7. The molecule has 0 amide bonds. The van der Waals surface area contributed by atoms with Crippen LogP contribution in [0.25, 0.3) is 49.7 Å². The smallest absolute Gasteiger partial charge is 0.0743 e. The summed E-state index contributed by atoms with van der Waals surface area (Å²) in [6.45, 7) is 21.1. The highest BCUT2D eigenvalue weighted by Crippen LogP contribution is 2.56. The molecule has 1 aliphatic heterocycles. The van der Waals surface area contributed by atoms with Crippen LogP contribution in [0.5, 0.6) is 0 Å². The molecule has 0 bridgehead atoms. The molecule has 0 unspecified atom stereocenters. The van der Waals surface area contributed by atoms with Crippen molar-refractivity contribution >= 4 is 21.8 Å². The molecular weight excluding hydrogens is 675 g/mol. The van der Waals surface area contributed by atoms with E-state index < -0.39 is 5.41 Å². The first kappa shape index (κ1) is 36.0. The van der Waals surface area contributed by atoms with E-state index in [1.165, 1.54) is 88.7 Å². The van der Waals surface area contributed by atoms with E-state index in [1.54, 1.807) is 0 Å². The molecule has 8 aromatic rings. The second-order valence-corrected chi connectivity index (χ2v) is 19.1. The van der Waals surface area contributed by atoms with Crippen molar-refractivity contribution in [2.75, 3.05) is 0 Å². The van der Waals surface area contributed by atoms with Crippen molar-refractivity contribution in [3.8, 4) is 27.9 Å². The van der Waals surface area contributed by atoms with Gasteiger partial charge in [-0.2, -0.15) is 0 Å². The maximum Gasteiger partial charge on any atom is 0.0743 e. The van der Waals surface area contributed by atoms with E-state index in [0.717, 1.165) is 0 Å². The summed E-state index contributed by atoms with van der Waals surface area (Å²) in [5.74, 6) is 0. The maximum atomic E-state index is 2.60. The molecule has 0 atom stereocenters. The maximum absolute atomic E-state index is 2.60. The van der Waals surface area contributed by atoms with Crippen LogP contribution in [0.15, 0.2) is 158 Å². The molecule has 278 valence electrons. The van der Waals surface area contributed by atoms with Gasteiger partial charge in [-0.3, -0.25) is 0 Å². The van der Waals surface area contributed by atoms with Gasteiger partial charge in [-0.05, 0) is 114 Å². The molecule has 0 aliphatic carbocycles. The Morgan fingerprint density at radius 2 is 0.839 bits per heavy atom. The fourth-order valence-corrected chi connectivity index (χ4v) is 9.14. The summed E-state index contributed by atoms with van der Waals surface area (Å²) in [5.41, 5.74) is 17.1. The topological polar surface area (TPSA) is 4.93 Å². The van der Waals surface area contributed by atoms with Crippen molar-refractivity contribution in [2.45, 2.75) is 84.0 Å². The van der Waals surface area contributed by atoms with E-state index in [0.29, 0.717) is 0 Å². The second kappa shape index (κ2) is 12.7. The average molecular weight is 728 g/mol. The standard InChI is InChI=1S/C55H53N/c1-52(2,3)40-26-28-49-45(32-40)46-33-44(54(7,8)9)35-48-51(46)56(49)50-29-27-41(53(4,5)6)34-47(50)55(48,42-24-16-22-38(30-42)36-18-12-10-13-19-36)43-25-17-23-39(31-43)37-20-14-11-15-21-37/h10-35H,1-9H3. The molecule has 0 radical (unpaired) electrons. The lowest BCUT2D eigenvalue weighted by Crippen LogP contribution is -2.36. The van der Waals surface area contributed by atoms with Crippen LogP contribution in [0.1, 0.15) is 101 Å². The van der Waals surface area contributed by atoms with Crippen LogP contribution in [0.3, 0.4) is 0 Å². The zero-order valence-electron chi connectivity index (χ0n) is 34.5. The molecule has 1 aromatic heterocycles. The quantitative estimate of drug-likeness (QED) is 0.170. The van der Waals surface area contributed by atoms with E-state index >= 15 is 0 Å². The number of hydrogen-bond acceptors (Lipinski definition) is 0. The lowest BCUT2D eigenvalue weighted by molar-refractivity contribution is 0.584. The van der Waals surface area contributed by atoms with Crippen molar-refractivity contribution in [3.63, 3.8) is 0 Å². The molecule has 1 aliphatic rings. The third-order valence-corrected chi connectivity index (χ3v) is 12.3. The summed E-state index contributed by atoms with van der Waals surface area (Å²) in [6, 6.07) is 60.2. The Labute approximate surface area is 333 Å². The van der Waals surface area contributed by atoms with Gasteiger partial charge in [0.15, 0.2) is 0 Å². The van der Waals surface area contributed by atoms with Crippen molar-refractivity contribution < 1.29 is 0 Å². The van der Waals surface area contributed by atoms with Gasteiger partial charge in [-0.1, -0.05) is 184 Å². The molecule has 0 fully saturated rings. The minimum atomic E-state index is -0.650. The number of rotatable bonds is 4. The fraction of sp³-hybridized carbons (Fsp3) is 0.236. The van der Waals surface area contributed by atoms with Crippen LogP contribution in [-0.2, 0) is 21.7 Å². The van der Waals surface area contributed by atoms with E-state index in [1.807, 2.05) is 0 Å². The van der Waals surface area contributed by atoms with Gasteiger partial charge in [0.25, 0.3) is 0 Å². The summed E-state index contributed by atoms with van der Waals surface area (Å²) in [4.78, 5) is 0. The monoisotopic (exact) mass is 727 g/mol. The van der Waals surface area contributed by atoms with Gasteiger partial charge in [0.2, 0.25) is 0 Å². The molecule has 1 nitrogen and oxygen atoms in total. The largest absolute Gasteiger partial charge is 0.309 e. The van der Waals surface area contributed by atoms with Crippen molar-refractivity contribution in [2.24, 2.45) is 0 Å². The molecular formula is C55H53N. The van der Waals surface area contributed by atoms with Gasteiger partial charge < -0.3 is 4.57 Å². The van der Waals surface area contributed by atoms with Crippen LogP contribution in [0.2, 0.25) is 0 Å². The van der Waals surface area contributed by atoms with Crippen molar-refractivity contribution in [1.29, 1.82) is 0 Å². The first-order valence-corrected chi connectivity index (χ1v) is 20.3. The Morgan fingerprint density at radius 1 is 0.375 bits per heavy atom.